The molecule has 25 heavy (non-hydrogen) atoms. The molecule has 0 spiro atoms. The molecular weight excluding hydrogens is 331 g/mol. The van der Waals surface area contributed by atoms with Crippen LogP contribution in [0.4, 0.5) is 0 Å². The van der Waals surface area contributed by atoms with Crippen molar-refractivity contribution in [2.24, 2.45) is 4.99 Å². The number of unbranched alkanes of at least 4 members (excludes halogenated alkanes) is 9. The van der Waals surface area contributed by atoms with Gasteiger partial charge in [-0.2, -0.15) is 6.42 Å². The van der Waals surface area contributed by atoms with Crippen molar-refractivity contribution in [3.05, 3.63) is 6.42 Å². The molecule has 0 unspecified atom stereocenters. The second-order valence-corrected chi connectivity index (χ2v) is 5.67. The molecule has 0 aliphatic carbocycles. The molecule has 0 atom stereocenters. The van der Waals surface area contributed by atoms with Crippen LogP contribution in [0.25, 0.3) is 0 Å². The van der Waals surface area contributed by atoms with Gasteiger partial charge in [-0.1, -0.05) is 64.7 Å². The molecule has 3 N–H and O–H groups in total. The van der Waals surface area contributed by atoms with Gasteiger partial charge in [-0.25, -0.2) is 0 Å². The Bertz CT molecular complexity index is 316. The molecule has 142 valence electrons. The molecule has 0 bridgehead atoms. The average Bonchev–Trinajstić information content (AvgIpc) is 3.08. The molecule has 0 saturated heterocycles. The topological polar surface area (TPSA) is 99.0 Å². The van der Waals surface area contributed by atoms with Crippen LogP contribution in [-0.2, 0) is 9.59 Å². The number of carbonyl (C=O) groups is 2. The van der Waals surface area contributed by atoms with Crippen LogP contribution in [0.5, 0.6) is 0 Å². The summed E-state index contributed by atoms with van der Waals surface area (Å²) in [5.41, 5.74) is 0. The van der Waals surface area contributed by atoms with E-state index in [0.717, 1.165) is 32.9 Å². The Labute approximate surface area is 175 Å². The molecule has 1 aliphatic rings. The van der Waals surface area contributed by atoms with Gasteiger partial charge in [0.1, 0.15) is 0 Å². The number of hydrogen-bond acceptors (Lipinski definition) is 4. The predicted octanol–water partition coefficient (Wildman–Crippen LogP) is 0.909. The number of aliphatic carboxylic acids is 2. The summed E-state index contributed by atoms with van der Waals surface area (Å²) in [5.74, 6) is -1.62. The second-order valence-electron chi connectivity index (χ2n) is 5.67. The fourth-order valence-corrected chi connectivity index (χ4v) is 2.00. The molecule has 0 saturated carbocycles. The first kappa shape index (κ1) is 29.1. The van der Waals surface area contributed by atoms with Gasteiger partial charge >= 0.3 is 29.6 Å². The van der Waals surface area contributed by atoms with Gasteiger partial charge in [0.15, 0.2) is 5.97 Å². The monoisotopic (exact) mass is 366 g/mol. The van der Waals surface area contributed by atoms with E-state index in [1.54, 1.807) is 6.34 Å². The first-order chi connectivity index (χ1) is 11.5. The number of nitrogens with one attached hydrogen (secondary N) is 1. The molecule has 0 aromatic heterocycles. The van der Waals surface area contributed by atoms with Crippen LogP contribution in [0, 0.1) is 6.42 Å². The quantitative estimate of drug-likeness (QED) is 0.287. The third-order valence-electron chi connectivity index (χ3n) is 3.19. The third-order valence-corrected chi connectivity index (χ3v) is 3.19. The van der Waals surface area contributed by atoms with Gasteiger partial charge in [0.2, 0.25) is 0 Å². The summed E-state index contributed by atoms with van der Waals surface area (Å²) < 4.78 is 0. The maximum atomic E-state index is 10.2. The van der Waals surface area contributed by atoms with Crippen LogP contribution in [-0.4, -0.2) is 41.6 Å². The van der Waals surface area contributed by atoms with Gasteiger partial charge in [0, 0.05) is 13.5 Å². The maximum absolute atomic E-state index is 10.2. The minimum atomic E-state index is -0.833. The van der Waals surface area contributed by atoms with E-state index in [1.807, 2.05) is 0 Å². The number of rotatable bonds is 11. The van der Waals surface area contributed by atoms with Gasteiger partial charge in [-0.05, 0) is 0 Å². The van der Waals surface area contributed by atoms with Crippen LogP contribution in [0.2, 0.25) is 0 Å². The molecule has 0 aromatic rings. The Morgan fingerprint density at radius 2 is 1.52 bits per heavy atom. The summed E-state index contributed by atoms with van der Waals surface area (Å²) in [7, 11) is 0. The van der Waals surface area contributed by atoms with Crippen LogP contribution in [0.3, 0.4) is 0 Å². The van der Waals surface area contributed by atoms with E-state index in [9.17, 15) is 4.79 Å². The average molecular weight is 366 g/mol. The van der Waals surface area contributed by atoms with Crippen molar-refractivity contribution in [1.29, 1.82) is 0 Å². The van der Waals surface area contributed by atoms with Crippen molar-refractivity contribution in [3.63, 3.8) is 0 Å². The van der Waals surface area contributed by atoms with E-state index < -0.39 is 11.9 Å². The molecule has 0 amide bonds. The first-order valence-electron chi connectivity index (χ1n) is 8.98. The summed E-state index contributed by atoms with van der Waals surface area (Å²) in [6.07, 6.45) is 15.4. The van der Waals surface area contributed by atoms with Crippen molar-refractivity contribution in [2.45, 2.75) is 78.1 Å². The van der Waals surface area contributed by atoms with Crippen molar-refractivity contribution in [1.82, 2.24) is 5.32 Å². The molecule has 0 fully saturated rings. The second kappa shape index (κ2) is 25.5. The van der Waals surface area contributed by atoms with Crippen molar-refractivity contribution in [2.75, 3.05) is 13.1 Å². The summed E-state index contributed by atoms with van der Waals surface area (Å²) in [6, 6.07) is 0. The Morgan fingerprint density at radius 1 is 1.04 bits per heavy atom. The van der Waals surface area contributed by atoms with Crippen LogP contribution in [0.15, 0.2) is 4.99 Å². The molecular formula is C18H35N2NaO4. The SMILES string of the molecule is C1=NCCN1.CC(=O)O.CCCCCCCCCCC[CH-]C(=O)O.[Na+]. The number of aliphatic imine (C=N–C) groups is 1. The summed E-state index contributed by atoms with van der Waals surface area (Å²) in [5, 5.41) is 18.7. The zero-order valence-corrected chi connectivity index (χ0v) is 18.3. The fourth-order valence-electron chi connectivity index (χ4n) is 2.00. The zero-order valence-electron chi connectivity index (χ0n) is 16.3. The fraction of sp³-hybridized carbons (Fsp3) is 0.778. The van der Waals surface area contributed by atoms with E-state index in [-0.39, 0.29) is 29.6 Å². The van der Waals surface area contributed by atoms with Crippen molar-refractivity contribution in [3.8, 4) is 0 Å². The largest absolute Gasteiger partial charge is 1.00 e. The summed E-state index contributed by atoms with van der Waals surface area (Å²) in [6.45, 7) is 5.30. The standard InChI is InChI=1S/C13H25O2.C3H6N2.C2H4O2.Na/c1-2-3-4-5-6-7-8-9-10-11-12-13(14)15;1-2-5-3-4-1;1-2(3)4;/h12H,2-11H2,1H3,(H,14,15);3H,1-2H2,(H,4,5);1H3,(H,3,4);/q-1;;;+1. The molecule has 1 heterocycles. The van der Waals surface area contributed by atoms with E-state index in [0.29, 0.717) is 0 Å². The van der Waals surface area contributed by atoms with Crippen LogP contribution in [0.1, 0.15) is 78.1 Å². The molecule has 1 aliphatic heterocycles. The molecule has 1 rings (SSSR count). The normalized spacial score (nSPS) is 11.0. The van der Waals surface area contributed by atoms with Crippen molar-refractivity contribution >= 4 is 18.3 Å². The van der Waals surface area contributed by atoms with Crippen molar-refractivity contribution < 1.29 is 49.4 Å². The molecule has 0 radical (unpaired) electrons. The van der Waals surface area contributed by atoms with E-state index in [1.165, 1.54) is 57.8 Å². The molecule has 7 heteroatoms. The first-order valence-corrected chi connectivity index (χ1v) is 8.98. The van der Waals surface area contributed by atoms with Crippen LogP contribution < -0.4 is 34.9 Å². The number of nitrogens with zero attached hydrogens (tertiary/aromatic N) is 1. The van der Waals surface area contributed by atoms with Gasteiger partial charge in [-0.15, -0.1) is 0 Å². The molecule has 6 nitrogen and oxygen atoms in total. The van der Waals surface area contributed by atoms with E-state index in [2.05, 4.69) is 17.2 Å². The summed E-state index contributed by atoms with van der Waals surface area (Å²) in [4.78, 5) is 23.0. The van der Waals surface area contributed by atoms with Gasteiger partial charge in [0.05, 0.1) is 12.9 Å². The number of carboxylic acid groups (broad SMARTS) is 2. The maximum Gasteiger partial charge on any atom is 1.00 e. The Balaban J connectivity index is -0.000000394. The Hall–Kier alpha value is -0.720. The minimum absolute atomic E-state index is 0. The number of carboxylic acids is 2. The van der Waals surface area contributed by atoms with Gasteiger partial charge in [0.25, 0.3) is 5.97 Å². The van der Waals surface area contributed by atoms with E-state index >= 15 is 0 Å². The van der Waals surface area contributed by atoms with Crippen LogP contribution >= 0.6 is 0 Å². The van der Waals surface area contributed by atoms with Gasteiger partial charge in [-0.3, -0.25) is 21.0 Å². The predicted molar refractivity (Wildman–Crippen MR) is 98.5 cm³/mol. The van der Waals surface area contributed by atoms with E-state index in [4.69, 9.17) is 15.0 Å². The smallest absolute Gasteiger partial charge is 0.503 e. The van der Waals surface area contributed by atoms with Gasteiger partial charge < -0.3 is 15.5 Å². The summed E-state index contributed by atoms with van der Waals surface area (Å²) >= 11 is 0. The molecule has 0 aromatic carbocycles. The number of hydrogen-bond donors (Lipinski definition) is 3. The Kier molecular flexibility index (Phi) is 29.7. The zero-order chi connectivity index (χ0) is 18.5. The third kappa shape index (κ3) is 39.8. The minimum Gasteiger partial charge on any atom is -0.503 e. The Morgan fingerprint density at radius 3 is 1.84 bits per heavy atom.